The van der Waals surface area contributed by atoms with E-state index in [1.807, 2.05) is 6.92 Å². The first-order chi connectivity index (χ1) is 7.79. The fourth-order valence-corrected chi connectivity index (χ4v) is 1.97. The van der Waals surface area contributed by atoms with Crippen molar-refractivity contribution in [2.45, 2.75) is 39.2 Å². The molecular formula is C12H23NO3. The molecule has 1 saturated heterocycles. The van der Waals surface area contributed by atoms with Crippen molar-refractivity contribution in [3.8, 4) is 0 Å². The highest BCUT2D eigenvalue weighted by Gasteiger charge is 2.30. The smallest absolute Gasteiger partial charge is 0.311 e. The van der Waals surface area contributed by atoms with Crippen LogP contribution in [0.1, 0.15) is 33.1 Å². The first-order valence-electron chi connectivity index (χ1n) is 6.28. The molecule has 0 bridgehead atoms. The predicted molar refractivity (Wildman–Crippen MR) is 62.3 cm³/mol. The summed E-state index contributed by atoms with van der Waals surface area (Å²) in [6.45, 7) is 6.73. The molecule has 0 aromatic heterocycles. The Morgan fingerprint density at radius 1 is 1.56 bits per heavy atom. The molecule has 1 N–H and O–H groups in total. The van der Waals surface area contributed by atoms with Crippen LogP contribution in [0.3, 0.4) is 0 Å². The SMILES string of the molecule is CCCCC(C(=O)OCC)C1CNCCO1. The van der Waals surface area contributed by atoms with Gasteiger partial charge in [0.25, 0.3) is 0 Å². The van der Waals surface area contributed by atoms with E-state index in [1.165, 1.54) is 0 Å². The molecule has 16 heavy (non-hydrogen) atoms. The standard InChI is InChI=1S/C12H23NO3/c1-3-5-6-10(12(14)15-4-2)11-9-13-7-8-16-11/h10-11,13H,3-9H2,1-2H3. The van der Waals surface area contributed by atoms with Gasteiger partial charge in [0.05, 0.1) is 25.2 Å². The van der Waals surface area contributed by atoms with Crippen LogP contribution in [0.25, 0.3) is 0 Å². The van der Waals surface area contributed by atoms with Crippen LogP contribution in [0, 0.1) is 5.92 Å². The predicted octanol–water partition coefficient (Wildman–Crippen LogP) is 1.34. The highest BCUT2D eigenvalue weighted by Crippen LogP contribution is 2.19. The van der Waals surface area contributed by atoms with Gasteiger partial charge in [0.15, 0.2) is 0 Å². The third-order valence-corrected chi connectivity index (χ3v) is 2.86. The lowest BCUT2D eigenvalue weighted by molar-refractivity contribution is -0.155. The summed E-state index contributed by atoms with van der Waals surface area (Å²) in [4.78, 5) is 11.8. The number of hydrogen-bond donors (Lipinski definition) is 1. The van der Waals surface area contributed by atoms with Crippen molar-refractivity contribution in [3.05, 3.63) is 0 Å². The lowest BCUT2D eigenvalue weighted by Crippen LogP contribution is -2.45. The summed E-state index contributed by atoms with van der Waals surface area (Å²) < 4.78 is 10.7. The van der Waals surface area contributed by atoms with Gasteiger partial charge >= 0.3 is 5.97 Å². The average Bonchev–Trinajstić information content (AvgIpc) is 2.31. The minimum Gasteiger partial charge on any atom is -0.466 e. The van der Waals surface area contributed by atoms with E-state index < -0.39 is 0 Å². The van der Waals surface area contributed by atoms with Gasteiger partial charge in [-0.05, 0) is 13.3 Å². The number of nitrogens with one attached hydrogen (secondary N) is 1. The van der Waals surface area contributed by atoms with Crippen molar-refractivity contribution in [1.82, 2.24) is 5.32 Å². The first kappa shape index (κ1) is 13.5. The molecule has 0 spiro atoms. The van der Waals surface area contributed by atoms with Crippen LogP contribution in [0.4, 0.5) is 0 Å². The van der Waals surface area contributed by atoms with Gasteiger partial charge in [-0.1, -0.05) is 19.8 Å². The molecule has 1 fully saturated rings. The van der Waals surface area contributed by atoms with E-state index in [4.69, 9.17) is 9.47 Å². The van der Waals surface area contributed by atoms with Gasteiger partial charge in [0.2, 0.25) is 0 Å². The Hall–Kier alpha value is -0.610. The number of morpholine rings is 1. The Bertz CT molecular complexity index is 202. The molecule has 1 aliphatic rings. The molecule has 2 atom stereocenters. The second-order valence-corrected chi connectivity index (χ2v) is 4.11. The molecular weight excluding hydrogens is 206 g/mol. The van der Waals surface area contributed by atoms with Gasteiger partial charge in [-0.25, -0.2) is 0 Å². The molecule has 94 valence electrons. The molecule has 0 aromatic carbocycles. The second kappa shape index (κ2) is 7.63. The van der Waals surface area contributed by atoms with Gasteiger partial charge in [-0.3, -0.25) is 4.79 Å². The first-order valence-corrected chi connectivity index (χ1v) is 6.28. The van der Waals surface area contributed by atoms with E-state index in [0.717, 1.165) is 32.4 Å². The van der Waals surface area contributed by atoms with E-state index in [-0.39, 0.29) is 18.0 Å². The van der Waals surface area contributed by atoms with Gasteiger partial charge in [0, 0.05) is 13.1 Å². The number of hydrogen-bond acceptors (Lipinski definition) is 4. The minimum absolute atomic E-state index is 0.0145. The van der Waals surface area contributed by atoms with Crippen molar-refractivity contribution < 1.29 is 14.3 Å². The lowest BCUT2D eigenvalue weighted by Gasteiger charge is -2.29. The summed E-state index contributed by atoms with van der Waals surface area (Å²) in [7, 11) is 0. The third kappa shape index (κ3) is 4.10. The zero-order valence-corrected chi connectivity index (χ0v) is 10.3. The van der Waals surface area contributed by atoms with E-state index >= 15 is 0 Å². The van der Waals surface area contributed by atoms with Crippen LogP contribution in [0.15, 0.2) is 0 Å². The van der Waals surface area contributed by atoms with E-state index in [0.29, 0.717) is 13.2 Å². The number of esters is 1. The van der Waals surface area contributed by atoms with Crippen LogP contribution in [-0.2, 0) is 14.3 Å². The molecule has 1 aliphatic heterocycles. The summed E-state index contributed by atoms with van der Waals surface area (Å²) in [5.41, 5.74) is 0. The second-order valence-electron chi connectivity index (χ2n) is 4.11. The Labute approximate surface area is 97.7 Å². The normalized spacial score (nSPS) is 22.8. The Morgan fingerprint density at radius 2 is 2.38 bits per heavy atom. The van der Waals surface area contributed by atoms with Crippen molar-refractivity contribution >= 4 is 5.97 Å². The Morgan fingerprint density at radius 3 is 2.94 bits per heavy atom. The number of carbonyl (C=O) groups is 1. The molecule has 0 aliphatic carbocycles. The highest BCUT2D eigenvalue weighted by molar-refractivity contribution is 5.73. The van der Waals surface area contributed by atoms with Crippen LogP contribution in [0.5, 0.6) is 0 Å². The van der Waals surface area contributed by atoms with Crippen molar-refractivity contribution in [2.75, 3.05) is 26.3 Å². The minimum atomic E-state index is -0.107. The number of rotatable bonds is 6. The number of carbonyl (C=O) groups excluding carboxylic acids is 1. The molecule has 1 heterocycles. The van der Waals surface area contributed by atoms with Gasteiger partial charge in [-0.2, -0.15) is 0 Å². The molecule has 1 rings (SSSR count). The largest absolute Gasteiger partial charge is 0.466 e. The zero-order valence-electron chi connectivity index (χ0n) is 10.3. The quantitative estimate of drug-likeness (QED) is 0.698. The number of unbranched alkanes of at least 4 members (excludes halogenated alkanes) is 1. The Balaban J connectivity index is 2.50. The van der Waals surface area contributed by atoms with Crippen molar-refractivity contribution in [3.63, 3.8) is 0 Å². The maximum absolute atomic E-state index is 11.8. The zero-order chi connectivity index (χ0) is 11.8. The summed E-state index contributed by atoms with van der Waals surface area (Å²) >= 11 is 0. The fraction of sp³-hybridized carbons (Fsp3) is 0.917. The highest BCUT2D eigenvalue weighted by atomic mass is 16.5. The topological polar surface area (TPSA) is 47.6 Å². The van der Waals surface area contributed by atoms with Gasteiger partial charge in [0.1, 0.15) is 0 Å². The molecule has 2 unspecified atom stereocenters. The molecule has 0 saturated carbocycles. The summed E-state index contributed by atoms with van der Waals surface area (Å²) in [5.74, 6) is -0.211. The van der Waals surface area contributed by atoms with Gasteiger partial charge < -0.3 is 14.8 Å². The average molecular weight is 229 g/mol. The molecule has 0 aromatic rings. The number of ether oxygens (including phenoxy) is 2. The third-order valence-electron chi connectivity index (χ3n) is 2.86. The Kier molecular flexibility index (Phi) is 6.42. The van der Waals surface area contributed by atoms with Crippen LogP contribution >= 0.6 is 0 Å². The van der Waals surface area contributed by atoms with E-state index in [9.17, 15) is 4.79 Å². The molecule has 0 amide bonds. The van der Waals surface area contributed by atoms with Crippen LogP contribution in [0.2, 0.25) is 0 Å². The maximum atomic E-state index is 11.8. The summed E-state index contributed by atoms with van der Waals surface area (Å²) in [6.07, 6.45) is 2.99. The fourth-order valence-electron chi connectivity index (χ4n) is 1.97. The summed E-state index contributed by atoms with van der Waals surface area (Å²) in [5, 5.41) is 3.26. The van der Waals surface area contributed by atoms with Crippen LogP contribution in [-0.4, -0.2) is 38.4 Å². The van der Waals surface area contributed by atoms with Crippen LogP contribution < -0.4 is 5.32 Å². The van der Waals surface area contributed by atoms with Gasteiger partial charge in [-0.15, -0.1) is 0 Å². The molecule has 4 heteroatoms. The molecule has 4 nitrogen and oxygen atoms in total. The molecule has 0 radical (unpaired) electrons. The van der Waals surface area contributed by atoms with Crippen molar-refractivity contribution in [1.29, 1.82) is 0 Å². The van der Waals surface area contributed by atoms with E-state index in [2.05, 4.69) is 12.2 Å². The monoisotopic (exact) mass is 229 g/mol. The summed E-state index contributed by atoms with van der Waals surface area (Å²) in [6, 6.07) is 0. The van der Waals surface area contributed by atoms with E-state index in [1.54, 1.807) is 0 Å². The maximum Gasteiger partial charge on any atom is 0.311 e. The lowest BCUT2D eigenvalue weighted by atomic mass is 9.95. The van der Waals surface area contributed by atoms with Crippen molar-refractivity contribution in [2.24, 2.45) is 5.92 Å².